The van der Waals surface area contributed by atoms with Crippen LogP contribution in [0.3, 0.4) is 0 Å². The van der Waals surface area contributed by atoms with Crippen LogP contribution in [0, 0.1) is 19.8 Å². The van der Waals surface area contributed by atoms with Crippen LogP contribution in [0.15, 0.2) is 61.1 Å². The average molecular weight is 653 g/mol. The van der Waals surface area contributed by atoms with Gasteiger partial charge in [-0.15, -0.1) is 0 Å². The number of carbonyl (C=O) groups is 2. The molecule has 1 fully saturated rings. The molecule has 2 N–H and O–H groups in total. The van der Waals surface area contributed by atoms with E-state index in [9.17, 15) is 9.59 Å². The van der Waals surface area contributed by atoms with E-state index in [1.54, 1.807) is 22.9 Å². The van der Waals surface area contributed by atoms with E-state index in [1.165, 1.54) is 23.7 Å². The number of aromatic nitrogens is 5. The molecule has 2 aromatic carbocycles. The standard InChI is InChI=1S/C34H36N8O4S/c1-20(2)13-24-16-29(42(40-24)26-14-21(3)31(45-5)22(4)15-26)39-32(44)38-25-17-35-33(36-18-25)46-27-10-8-23(9-11-27)28-19-37-34(47-28)41-12-6-7-30(41)43/h8-11,14-20H,6-7,12-13H2,1-5H3,(H2,38,39,44). The number of benzene rings is 2. The Bertz CT molecular complexity index is 1880. The molecule has 12 nitrogen and oxygen atoms in total. The fraction of sp³-hybridized carbons (Fsp3) is 0.294. The van der Waals surface area contributed by atoms with Crippen molar-refractivity contribution in [2.24, 2.45) is 5.92 Å². The van der Waals surface area contributed by atoms with Gasteiger partial charge in [-0.3, -0.25) is 15.0 Å². The van der Waals surface area contributed by atoms with Gasteiger partial charge >= 0.3 is 12.0 Å². The smallest absolute Gasteiger partial charge is 0.324 e. The molecule has 0 saturated carbocycles. The Morgan fingerprint density at radius 2 is 1.72 bits per heavy atom. The van der Waals surface area contributed by atoms with Crippen LogP contribution in [-0.2, 0) is 11.2 Å². The molecule has 0 spiro atoms. The average Bonchev–Trinajstić information content (AvgIpc) is 3.78. The van der Waals surface area contributed by atoms with Crippen molar-refractivity contribution in [3.63, 3.8) is 0 Å². The van der Waals surface area contributed by atoms with Crippen LogP contribution >= 0.6 is 11.3 Å². The SMILES string of the molecule is COc1c(C)cc(-n2nc(CC(C)C)cc2NC(=O)Nc2cnc(Oc3ccc(-c4cnc(N5CCCC5=O)s4)cc3)nc2)cc1C. The molecule has 1 saturated heterocycles. The van der Waals surface area contributed by atoms with Crippen LogP contribution in [0.25, 0.3) is 16.1 Å². The highest BCUT2D eigenvalue weighted by atomic mass is 32.1. The third-order valence-corrected chi connectivity index (χ3v) is 8.61. The Morgan fingerprint density at radius 3 is 2.36 bits per heavy atom. The van der Waals surface area contributed by atoms with Crippen LogP contribution in [-0.4, -0.2) is 50.3 Å². The maximum atomic E-state index is 13.1. The van der Waals surface area contributed by atoms with E-state index in [-0.39, 0.29) is 11.9 Å². The Labute approximate surface area is 276 Å². The molecule has 3 aromatic heterocycles. The predicted octanol–water partition coefficient (Wildman–Crippen LogP) is 7.17. The van der Waals surface area contributed by atoms with Crippen molar-refractivity contribution in [3.8, 4) is 33.6 Å². The summed E-state index contributed by atoms with van der Waals surface area (Å²) in [5, 5.41) is 11.2. The number of nitrogens with zero attached hydrogens (tertiary/aromatic N) is 6. The number of carbonyl (C=O) groups excluding carboxylic acids is 2. The number of hydrogen-bond donors (Lipinski definition) is 2. The first-order chi connectivity index (χ1) is 22.7. The molecule has 5 aromatic rings. The lowest BCUT2D eigenvalue weighted by molar-refractivity contribution is -0.117. The van der Waals surface area contributed by atoms with Crippen LogP contribution in [0.2, 0.25) is 0 Å². The summed E-state index contributed by atoms with van der Waals surface area (Å²) in [7, 11) is 1.65. The normalized spacial score (nSPS) is 12.9. The molecule has 0 atom stereocenters. The predicted molar refractivity (Wildman–Crippen MR) is 182 cm³/mol. The van der Waals surface area contributed by atoms with Gasteiger partial charge in [0.15, 0.2) is 5.13 Å². The van der Waals surface area contributed by atoms with Gasteiger partial charge in [0.25, 0.3) is 0 Å². The van der Waals surface area contributed by atoms with Crippen molar-refractivity contribution in [3.05, 3.63) is 77.9 Å². The summed E-state index contributed by atoms with van der Waals surface area (Å²) < 4.78 is 13.1. The minimum Gasteiger partial charge on any atom is -0.496 e. The summed E-state index contributed by atoms with van der Waals surface area (Å²) in [5.74, 6) is 2.43. The largest absolute Gasteiger partial charge is 0.496 e. The molecule has 0 unspecified atom stereocenters. The molecule has 6 rings (SSSR count). The molecule has 0 bridgehead atoms. The number of methoxy groups -OCH3 is 1. The molecular weight excluding hydrogens is 616 g/mol. The zero-order chi connectivity index (χ0) is 33.1. The minimum atomic E-state index is -0.461. The van der Waals surface area contributed by atoms with Gasteiger partial charge in [0.2, 0.25) is 5.91 Å². The van der Waals surface area contributed by atoms with E-state index in [4.69, 9.17) is 14.6 Å². The summed E-state index contributed by atoms with van der Waals surface area (Å²) in [6.45, 7) is 8.93. The van der Waals surface area contributed by atoms with Crippen LogP contribution < -0.4 is 25.0 Å². The van der Waals surface area contributed by atoms with Crippen molar-refractivity contribution in [1.82, 2.24) is 24.7 Å². The second kappa shape index (κ2) is 13.6. The highest BCUT2D eigenvalue weighted by Gasteiger charge is 2.24. The monoisotopic (exact) mass is 652 g/mol. The summed E-state index contributed by atoms with van der Waals surface area (Å²) in [6.07, 6.45) is 6.94. The van der Waals surface area contributed by atoms with E-state index >= 15 is 0 Å². The van der Waals surface area contributed by atoms with Crippen molar-refractivity contribution in [2.75, 3.05) is 29.2 Å². The van der Waals surface area contributed by atoms with Gasteiger partial charge in [-0.2, -0.15) is 5.10 Å². The number of rotatable bonds is 10. The number of ether oxygens (including phenoxy) is 2. The summed E-state index contributed by atoms with van der Waals surface area (Å²) in [5.41, 5.74) is 4.99. The van der Waals surface area contributed by atoms with Crippen LogP contribution in [0.5, 0.6) is 17.5 Å². The van der Waals surface area contributed by atoms with Gasteiger partial charge in [-0.1, -0.05) is 25.2 Å². The van der Waals surface area contributed by atoms with E-state index in [1.807, 2.05) is 56.3 Å². The number of hydrogen-bond acceptors (Lipinski definition) is 9. The molecule has 1 aliphatic heterocycles. The molecule has 0 radical (unpaired) electrons. The molecule has 3 amide bonds. The lowest BCUT2D eigenvalue weighted by Gasteiger charge is -2.14. The first-order valence-corrected chi connectivity index (χ1v) is 16.2. The Kier molecular flexibility index (Phi) is 9.16. The first-order valence-electron chi connectivity index (χ1n) is 15.4. The second-order valence-corrected chi connectivity index (χ2v) is 12.8. The van der Waals surface area contributed by atoms with Gasteiger partial charge < -0.3 is 14.8 Å². The lowest BCUT2D eigenvalue weighted by atomic mass is 10.1. The maximum absolute atomic E-state index is 13.1. The highest BCUT2D eigenvalue weighted by molar-refractivity contribution is 7.19. The van der Waals surface area contributed by atoms with Gasteiger partial charge in [0.05, 0.1) is 41.4 Å². The van der Waals surface area contributed by atoms with Crippen molar-refractivity contribution in [2.45, 2.75) is 47.0 Å². The molecule has 4 heterocycles. The van der Waals surface area contributed by atoms with Crippen molar-refractivity contribution in [1.29, 1.82) is 0 Å². The van der Waals surface area contributed by atoms with Gasteiger partial charge in [-0.05, 0) is 85.7 Å². The first kappa shape index (κ1) is 31.7. The van der Waals surface area contributed by atoms with Crippen LogP contribution in [0.4, 0.5) is 21.4 Å². The Morgan fingerprint density at radius 1 is 1.00 bits per heavy atom. The van der Waals surface area contributed by atoms with Crippen LogP contribution in [0.1, 0.15) is 43.5 Å². The molecular formula is C34H36N8O4S. The zero-order valence-electron chi connectivity index (χ0n) is 26.9. The third kappa shape index (κ3) is 7.25. The molecule has 242 valence electrons. The number of thiazole rings is 1. The summed E-state index contributed by atoms with van der Waals surface area (Å²) in [6, 6.07) is 13.0. The maximum Gasteiger partial charge on any atom is 0.324 e. The number of amides is 3. The van der Waals surface area contributed by atoms with E-state index in [0.29, 0.717) is 36.1 Å². The highest BCUT2D eigenvalue weighted by Crippen LogP contribution is 2.34. The quantitative estimate of drug-likeness (QED) is 0.162. The fourth-order valence-electron chi connectivity index (χ4n) is 5.48. The second-order valence-electron chi connectivity index (χ2n) is 11.8. The van der Waals surface area contributed by atoms with E-state index in [2.05, 4.69) is 39.4 Å². The lowest BCUT2D eigenvalue weighted by Crippen LogP contribution is -2.23. The van der Waals surface area contributed by atoms with E-state index < -0.39 is 6.03 Å². The van der Waals surface area contributed by atoms with Crippen molar-refractivity contribution < 1.29 is 19.1 Å². The molecule has 0 aliphatic carbocycles. The number of nitrogens with one attached hydrogen (secondary N) is 2. The Hall–Kier alpha value is -5.30. The minimum absolute atomic E-state index is 0.120. The molecule has 1 aliphatic rings. The third-order valence-electron chi connectivity index (χ3n) is 7.54. The van der Waals surface area contributed by atoms with Gasteiger partial charge in [0.1, 0.15) is 17.3 Å². The number of anilines is 3. The topological polar surface area (TPSA) is 136 Å². The summed E-state index contributed by atoms with van der Waals surface area (Å²) >= 11 is 1.49. The molecule has 13 heteroatoms. The Balaban J connectivity index is 1.09. The molecule has 47 heavy (non-hydrogen) atoms. The fourth-order valence-corrected chi connectivity index (χ4v) is 6.45. The number of urea groups is 1. The zero-order valence-corrected chi connectivity index (χ0v) is 27.7. The summed E-state index contributed by atoms with van der Waals surface area (Å²) in [4.78, 5) is 40.8. The van der Waals surface area contributed by atoms with Gasteiger partial charge in [-0.25, -0.2) is 24.4 Å². The van der Waals surface area contributed by atoms with E-state index in [0.717, 1.165) is 56.7 Å². The van der Waals surface area contributed by atoms with Gasteiger partial charge in [0, 0.05) is 25.2 Å². The number of aryl methyl sites for hydroxylation is 2. The van der Waals surface area contributed by atoms with Crippen molar-refractivity contribution >= 4 is 39.9 Å².